The molecule has 1 aliphatic carbocycles. The average molecular weight is 239 g/mol. The van der Waals surface area contributed by atoms with Crippen molar-refractivity contribution in [1.29, 1.82) is 0 Å². The fourth-order valence-corrected chi connectivity index (χ4v) is 2.15. The SMILES string of the molecule is O=C1NC2(CCC(F)(F)CC2)C(=O)C1(F)F. The van der Waals surface area contributed by atoms with E-state index in [4.69, 9.17) is 0 Å². The van der Waals surface area contributed by atoms with Crippen molar-refractivity contribution in [3.63, 3.8) is 0 Å². The first-order valence-corrected chi connectivity index (χ1v) is 4.83. The molecule has 0 bridgehead atoms. The molecule has 1 aliphatic heterocycles. The second-order valence-corrected chi connectivity index (χ2v) is 4.30. The van der Waals surface area contributed by atoms with Crippen LogP contribution in [0.5, 0.6) is 0 Å². The third kappa shape index (κ3) is 1.41. The molecule has 1 saturated heterocycles. The Hall–Kier alpha value is -1.14. The van der Waals surface area contributed by atoms with Gasteiger partial charge < -0.3 is 5.32 Å². The summed E-state index contributed by atoms with van der Waals surface area (Å²) in [6.07, 6.45) is -2.18. The molecule has 0 aromatic heterocycles. The summed E-state index contributed by atoms with van der Waals surface area (Å²) in [5.74, 6) is -10.3. The molecule has 1 saturated carbocycles. The Labute approximate surface area is 88.2 Å². The standard InChI is InChI=1S/C9H9F4NO2/c10-8(11)3-1-7(2-4-8)5(15)9(12,13)6(16)14-7/h1-4H2,(H,14,16). The van der Waals surface area contributed by atoms with Crippen molar-refractivity contribution in [3.8, 4) is 0 Å². The molecule has 7 heteroatoms. The van der Waals surface area contributed by atoms with Crippen LogP contribution >= 0.6 is 0 Å². The number of hydrogen-bond donors (Lipinski definition) is 1. The summed E-state index contributed by atoms with van der Waals surface area (Å²) in [5.41, 5.74) is -1.78. The minimum atomic E-state index is -4.08. The van der Waals surface area contributed by atoms with E-state index in [1.165, 1.54) is 0 Å². The van der Waals surface area contributed by atoms with Crippen molar-refractivity contribution in [2.45, 2.75) is 43.1 Å². The Bertz CT molecular complexity index is 357. The summed E-state index contributed by atoms with van der Waals surface area (Å²) in [6.45, 7) is 0. The maximum atomic E-state index is 13.0. The van der Waals surface area contributed by atoms with Crippen LogP contribution in [0.4, 0.5) is 17.6 Å². The van der Waals surface area contributed by atoms with E-state index < -0.39 is 54.8 Å². The van der Waals surface area contributed by atoms with Crippen molar-refractivity contribution in [1.82, 2.24) is 5.32 Å². The van der Waals surface area contributed by atoms with Crippen molar-refractivity contribution in [3.05, 3.63) is 0 Å². The van der Waals surface area contributed by atoms with Crippen molar-refractivity contribution in [2.24, 2.45) is 0 Å². The number of halogens is 4. The van der Waals surface area contributed by atoms with Gasteiger partial charge in [0.1, 0.15) is 5.54 Å². The Balaban J connectivity index is 2.24. The maximum absolute atomic E-state index is 13.0. The summed E-state index contributed by atoms with van der Waals surface area (Å²) in [5, 5.41) is 1.88. The van der Waals surface area contributed by atoms with E-state index in [0.717, 1.165) is 0 Å². The van der Waals surface area contributed by atoms with Crippen molar-refractivity contribution in [2.75, 3.05) is 0 Å². The number of carbonyl (C=O) groups excluding carboxylic acids is 2. The van der Waals surface area contributed by atoms with Crippen LogP contribution in [0.15, 0.2) is 0 Å². The van der Waals surface area contributed by atoms with Crippen LogP contribution in [0.2, 0.25) is 0 Å². The summed E-state index contributed by atoms with van der Waals surface area (Å²) in [7, 11) is 0. The Kier molecular flexibility index (Phi) is 2.09. The molecule has 2 fully saturated rings. The fraction of sp³-hybridized carbons (Fsp3) is 0.778. The average Bonchev–Trinajstić information content (AvgIpc) is 2.35. The van der Waals surface area contributed by atoms with E-state index in [9.17, 15) is 27.2 Å². The van der Waals surface area contributed by atoms with Gasteiger partial charge in [-0.05, 0) is 12.8 Å². The molecular weight excluding hydrogens is 230 g/mol. The van der Waals surface area contributed by atoms with Gasteiger partial charge in [-0.25, -0.2) is 8.78 Å². The summed E-state index contributed by atoms with van der Waals surface area (Å²) in [6, 6.07) is 0. The third-order valence-corrected chi connectivity index (χ3v) is 3.19. The number of Topliss-reactive ketones (excluding diaryl/α,β-unsaturated/α-hetero) is 1. The smallest absolute Gasteiger partial charge is 0.338 e. The number of rotatable bonds is 0. The number of amides is 1. The van der Waals surface area contributed by atoms with Gasteiger partial charge in [0.2, 0.25) is 11.7 Å². The molecule has 1 N–H and O–H groups in total. The van der Waals surface area contributed by atoms with Crippen LogP contribution in [0, 0.1) is 0 Å². The highest BCUT2D eigenvalue weighted by atomic mass is 19.3. The van der Waals surface area contributed by atoms with Crippen LogP contribution in [-0.2, 0) is 9.59 Å². The Morgan fingerprint density at radius 2 is 1.44 bits per heavy atom. The maximum Gasteiger partial charge on any atom is 0.383 e. The van der Waals surface area contributed by atoms with E-state index in [0.29, 0.717) is 0 Å². The number of nitrogens with one attached hydrogen (secondary N) is 1. The topological polar surface area (TPSA) is 46.2 Å². The van der Waals surface area contributed by atoms with Gasteiger partial charge in [-0.2, -0.15) is 8.78 Å². The van der Waals surface area contributed by atoms with Crippen LogP contribution in [0.1, 0.15) is 25.7 Å². The summed E-state index contributed by atoms with van der Waals surface area (Å²) in [4.78, 5) is 22.2. The minimum absolute atomic E-state index is 0.430. The highest BCUT2D eigenvalue weighted by Crippen LogP contribution is 2.44. The lowest BCUT2D eigenvalue weighted by atomic mass is 9.78. The Morgan fingerprint density at radius 1 is 0.938 bits per heavy atom. The predicted molar refractivity (Wildman–Crippen MR) is 44.2 cm³/mol. The Morgan fingerprint density at radius 3 is 1.81 bits per heavy atom. The van der Waals surface area contributed by atoms with Crippen LogP contribution < -0.4 is 5.32 Å². The first-order valence-electron chi connectivity index (χ1n) is 4.83. The lowest BCUT2D eigenvalue weighted by Crippen LogP contribution is -2.51. The van der Waals surface area contributed by atoms with Crippen LogP contribution in [0.3, 0.4) is 0 Å². The van der Waals surface area contributed by atoms with E-state index in [2.05, 4.69) is 0 Å². The predicted octanol–water partition coefficient (Wildman–Crippen LogP) is 1.27. The van der Waals surface area contributed by atoms with E-state index in [1.54, 1.807) is 0 Å². The zero-order valence-electron chi connectivity index (χ0n) is 8.16. The lowest BCUT2D eigenvalue weighted by molar-refractivity contribution is -0.152. The monoisotopic (exact) mass is 239 g/mol. The van der Waals surface area contributed by atoms with Gasteiger partial charge in [0.05, 0.1) is 0 Å². The number of ketones is 1. The molecule has 0 aromatic carbocycles. The van der Waals surface area contributed by atoms with Gasteiger partial charge in [-0.1, -0.05) is 0 Å². The van der Waals surface area contributed by atoms with E-state index >= 15 is 0 Å². The first-order chi connectivity index (χ1) is 7.20. The number of hydrogen-bond acceptors (Lipinski definition) is 2. The van der Waals surface area contributed by atoms with Gasteiger partial charge in [-0.3, -0.25) is 9.59 Å². The van der Waals surface area contributed by atoms with Gasteiger partial charge in [0, 0.05) is 12.8 Å². The highest BCUT2D eigenvalue weighted by molar-refractivity contribution is 6.18. The summed E-state index contributed by atoms with van der Waals surface area (Å²) >= 11 is 0. The normalized spacial score (nSPS) is 30.5. The lowest BCUT2D eigenvalue weighted by Gasteiger charge is -2.35. The second kappa shape index (κ2) is 2.95. The zero-order valence-corrected chi connectivity index (χ0v) is 8.16. The molecule has 1 heterocycles. The van der Waals surface area contributed by atoms with E-state index in [1.807, 2.05) is 5.32 Å². The van der Waals surface area contributed by atoms with Gasteiger partial charge in [-0.15, -0.1) is 0 Å². The number of carbonyl (C=O) groups is 2. The molecule has 0 radical (unpaired) electrons. The van der Waals surface area contributed by atoms with Gasteiger partial charge in [0.15, 0.2) is 0 Å². The molecule has 0 atom stereocenters. The first kappa shape index (κ1) is 11.3. The van der Waals surface area contributed by atoms with Gasteiger partial charge >= 0.3 is 5.92 Å². The molecule has 16 heavy (non-hydrogen) atoms. The molecule has 1 amide bonds. The van der Waals surface area contributed by atoms with Gasteiger partial charge in [0.25, 0.3) is 5.91 Å². The van der Waals surface area contributed by atoms with Crippen LogP contribution in [-0.4, -0.2) is 29.1 Å². The highest BCUT2D eigenvalue weighted by Gasteiger charge is 2.66. The van der Waals surface area contributed by atoms with Crippen LogP contribution in [0.25, 0.3) is 0 Å². The molecule has 90 valence electrons. The second-order valence-electron chi connectivity index (χ2n) is 4.30. The van der Waals surface area contributed by atoms with Crippen molar-refractivity contribution >= 4 is 11.7 Å². The molecule has 2 rings (SSSR count). The number of alkyl halides is 4. The largest absolute Gasteiger partial charge is 0.383 e. The molecule has 1 spiro atoms. The molecule has 0 unspecified atom stereocenters. The van der Waals surface area contributed by atoms with E-state index in [-0.39, 0.29) is 0 Å². The summed E-state index contributed by atoms with van der Waals surface area (Å²) < 4.78 is 51.7. The quantitative estimate of drug-likeness (QED) is 0.511. The molecular formula is C9H9F4NO2. The molecule has 2 aliphatic rings. The van der Waals surface area contributed by atoms with Crippen molar-refractivity contribution < 1.29 is 27.2 Å². The minimum Gasteiger partial charge on any atom is -0.338 e. The zero-order chi connectivity index (χ0) is 12.2. The fourth-order valence-electron chi connectivity index (χ4n) is 2.15. The molecule has 0 aromatic rings. The third-order valence-electron chi connectivity index (χ3n) is 3.19. The molecule has 3 nitrogen and oxygen atoms in total.